The van der Waals surface area contributed by atoms with Crippen molar-refractivity contribution in [1.29, 1.82) is 0 Å². The predicted molar refractivity (Wildman–Crippen MR) is 129 cm³/mol. The zero-order chi connectivity index (χ0) is 22.5. The number of aromatic nitrogens is 5. The number of fused-ring (bicyclic) bond motifs is 2. The van der Waals surface area contributed by atoms with Gasteiger partial charge in [-0.05, 0) is 23.6 Å². The number of nitrogens with one attached hydrogen (secondary N) is 3. The van der Waals surface area contributed by atoms with Crippen LogP contribution in [0.3, 0.4) is 0 Å². The number of benzene rings is 2. The van der Waals surface area contributed by atoms with E-state index >= 15 is 0 Å². The first kappa shape index (κ1) is 20.7. The number of hydrogen-bond donors (Lipinski definition) is 3. The van der Waals surface area contributed by atoms with Gasteiger partial charge in [0.1, 0.15) is 12.1 Å². The molecule has 0 bridgehead atoms. The highest BCUT2D eigenvalue weighted by Gasteiger charge is 2.11. The Morgan fingerprint density at radius 2 is 1.82 bits per heavy atom. The number of para-hydroxylation sites is 1. The Morgan fingerprint density at radius 1 is 0.970 bits per heavy atom. The van der Waals surface area contributed by atoms with Gasteiger partial charge >= 0.3 is 0 Å². The molecule has 5 rings (SSSR count). The number of H-pyrrole nitrogens is 1. The van der Waals surface area contributed by atoms with E-state index in [4.69, 9.17) is 0 Å². The Balaban J connectivity index is 1.16. The second kappa shape index (κ2) is 9.52. The summed E-state index contributed by atoms with van der Waals surface area (Å²) in [6.07, 6.45) is 6.45. The molecule has 3 heterocycles. The monoisotopic (exact) mass is 439 g/mol. The third-order valence-corrected chi connectivity index (χ3v) is 5.65. The molecule has 0 unspecified atom stereocenters. The summed E-state index contributed by atoms with van der Waals surface area (Å²) in [5.74, 6) is 0.750. The van der Waals surface area contributed by atoms with Gasteiger partial charge in [0.2, 0.25) is 5.91 Å². The minimum Gasteiger partial charge on any atom is -0.369 e. The van der Waals surface area contributed by atoms with Gasteiger partial charge in [-0.15, -0.1) is 0 Å². The number of carbonyl (C=O) groups excluding carboxylic acids is 1. The van der Waals surface area contributed by atoms with Gasteiger partial charge in [0, 0.05) is 30.2 Å². The van der Waals surface area contributed by atoms with Gasteiger partial charge in [-0.3, -0.25) is 4.79 Å². The van der Waals surface area contributed by atoms with Gasteiger partial charge in [-0.25, -0.2) is 14.6 Å². The van der Waals surface area contributed by atoms with Crippen LogP contribution < -0.4 is 10.6 Å². The lowest BCUT2D eigenvalue weighted by Crippen LogP contribution is -2.28. The fourth-order valence-corrected chi connectivity index (χ4v) is 3.98. The van der Waals surface area contributed by atoms with Crippen molar-refractivity contribution in [1.82, 2.24) is 30.0 Å². The third kappa shape index (κ3) is 4.69. The Labute approximate surface area is 191 Å². The fourth-order valence-electron chi connectivity index (χ4n) is 3.98. The maximum absolute atomic E-state index is 12.4. The van der Waals surface area contributed by atoms with Crippen LogP contribution in [0.25, 0.3) is 21.9 Å². The van der Waals surface area contributed by atoms with E-state index in [0.717, 1.165) is 46.3 Å². The Kier molecular flexibility index (Phi) is 5.97. The summed E-state index contributed by atoms with van der Waals surface area (Å²) in [7, 11) is 0. The van der Waals surface area contributed by atoms with E-state index in [1.54, 1.807) is 17.2 Å². The van der Waals surface area contributed by atoms with E-state index in [1.807, 2.05) is 48.7 Å². The average molecular weight is 440 g/mol. The maximum atomic E-state index is 12.4. The maximum Gasteiger partial charge on any atom is 0.224 e. The molecule has 8 heteroatoms. The second-order valence-electron chi connectivity index (χ2n) is 7.88. The smallest absolute Gasteiger partial charge is 0.224 e. The van der Waals surface area contributed by atoms with E-state index in [9.17, 15) is 4.79 Å². The molecule has 0 spiro atoms. The highest BCUT2D eigenvalue weighted by molar-refractivity contribution is 5.89. The first-order chi connectivity index (χ1) is 16.3. The van der Waals surface area contributed by atoms with Crippen LogP contribution >= 0.6 is 0 Å². The van der Waals surface area contributed by atoms with Crippen LogP contribution in [-0.4, -0.2) is 43.7 Å². The van der Waals surface area contributed by atoms with E-state index < -0.39 is 0 Å². The number of hydrogen-bond acceptors (Lipinski definition) is 5. The molecule has 0 atom stereocenters. The van der Waals surface area contributed by atoms with Crippen LogP contribution in [0, 0.1) is 0 Å². The number of amides is 1. The third-order valence-electron chi connectivity index (χ3n) is 5.65. The number of anilines is 1. The SMILES string of the molecule is O=C(Cc1c[nH]c2ccccc12)NCCn1ncc2c(NCCc3ccccc3)ncnc21. The van der Waals surface area contributed by atoms with Crippen molar-refractivity contribution >= 4 is 33.7 Å². The lowest BCUT2D eigenvalue weighted by atomic mass is 10.1. The van der Waals surface area contributed by atoms with Gasteiger partial charge in [0.25, 0.3) is 0 Å². The minimum absolute atomic E-state index is 0.0193. The zero-order valence-corrected chi connectivity index (χ0v) is 18.2. The van der Waals surface area contributed by atoms with Gasteiger partial charge in [-0.1, -0.05) is 48.5 Å². The van der Waals surface area contributed by atoms with Crippen LogP contribution in [0.5, 0.6) is 0 Å². The van der Waals surface area contributed by atoms with Crippen LogP contribution in [0.1, 0.15) is 11.1 Å². The van der Waals surface area contributed by atoms with Gasteiger partial charge < -0.3 is 15.6 Å². The van der Waals surface area contributed by atoms with Crippen molar-refractivity contribution in [2.24, 2.45) is 0 Å². The lowest BCUT2D eigenvalue weighted by molar-refractivity contribution is -0.120. The van der Waals surface area contributed by atoms with Crippen molar-refractivity contribution in [2.75, 3.05) is 18.4 Å². The molecule has 0 saturated carbocycles. The number of aromatic amines is 1. The second-order valence-corrected chi connectivity index (χ2v) is 7.88. The quantitative estimate of drug-likeness (QED) is 0.327. The molecule has 1 amide bonds. The van der Waals surface area contributed by atoms with Crippen molar-refractivity contribution in [2.45, 2.75) is 19.4 Å². The minimum atomic E-state index is -0.0193. The van der Waals surface area contributed by atoms with Crippen LogP contribution in [0.2, 0.25) is 0 Å². The molecule has 0 fully saturated rings. The van der Waals surface area contributed by atoms with Gasteiger partial charge in [0.05, 0.1) is 24.5 Å². The number of nitrogens with zero attached hydrogens (tertiary/aromatic N) is 4. The first-order valence-corrected chi connectivity index (χ1v) is 11.0. The molecular formula is C25H25N7O. The average Bonchev–Trinajstić information content (AvgIpc) is 3.45. The molecule has 33 heavy (non-hydrogen) atoms. The summed E-state index contributed by atoms with van der Waals surface area (Å²) >= 11 is 0. The van der Waals surface area contributed by atoms with Crippen LogP contribution in [-0.2, 0) is 24.2 Å². The molecule has 3 aromatic heterocycles. The van der Waals surface area contributed by atoms with Crippen LogP contribution in [0.15, 0.2) is 73.3 Å². The van der Waals surface area contributed by atoms with Crippen molar-refractivity contribution in [3.05, 3.63) is 84.4 Å². The molecule has 0 saturated heterocycles. The molecule has 2 aromatic carbocycles. The molecule has 166 valence electrons. The summed E-state index contributed by atoms with van der Waals surface area (Å²) in [4.78, 5) is 24.4. The van der Waals surface area contributed by atoms with E-state index in [0.29, 0.717) is 19.5 Å². The molecular weight excluding hydrogens is 414 g/mol. The molecule has 3 N–H and O–H groups in total. The van der Waals surface area contributed by atoms with Crippen molar-refractivity contribution < 1.29 is 4.79 Å². The Morgan fingerprint density at radius 3 is 2.73 bits per heavy atom. The Bertz CT molecular complexity index is 1370. The highest BCUT2D eigenvalue weighted by atomic mass is 16.1. The zero-order valence-electron chi connectivity index (χ0n) is 18.2. The molecule has 0 aliphatic rings. The van der Waals surface area contributed by atoms with E-state index in [-0.39, 0.29) is 5.91 Å². The summed E-state index contributed by atoms with van der Waals surface area (Å²) in [5.41, 5.74) is 4.05. The fraction of sp³-hybridized carbons (Fsp3) is 0.200. The molecule has 5 aromatic rings. The van der Waals surface area contributed by atoms with E-state index in [1.165, 1.54) is 5.56 Å². The van der Waals surface area contributed by atoms with E-state index in [2.05, 4.69) is 42.8 Å². The molecule has 0 aliphatic heterocycles. The molecule has 8 nitrogen and oxygen atoms in total. The summed E-state index contributed by atoms with van der Waals surface area (Å²) in [6, 6.07) is 18.3. The topological polar surface area (TPSA) is 101 Å². The first-order valence-electron chi connectivity index (χ1n) is 11.0. The number of carbonyl (C=O) groups is 1. The highest BCUT2D eigenvalue weighted by Crippen LogP contribution is 2.19. The summed E-state index contributed by atoms with van der Waals surface area (Å²) < 4.78 is 1.80. The summed E-state index contributed by atoms with van der Waals surface area (Å²) in [5, 5.41) is 12.8. The van der Waals surface area contributed by atoms with Gasteiger partial charge in [-0.2, -0.15) is 5.10 Å². The lowest BCUT2D eigenvalue weighted by Gasteiger charge is -2.08. The standard InChI is InChI=1S/C25H25N7O/c33-23(14-19-15-28-22-9-5-4-8-20(19)22)26-12-13-32-25-21(16-31-32)24(29-17-30-25)27-11-10-18-6-2-1-3-7-18/h1-9,15-17,28H,10-14H2,(H,26,33)(H,27,29,30). The largest absolute Gasteiger partial charge is 0.369 e. The van der Waals surface area contributed by atoms with Crippen molar-refractivity contribution in [3.63, 3.8) is 0 Å². The van der Waals surface area contributed by atoms with Gasteiger partial charge in [0.15, 0.2) is 5.65 Å². The van der Waals surface area contributed by atoms with Crippen molar-refractivity contribution in [3.8, 4) is 0 Å². The normalized spacial score (nSPS) is 11.2. The van der Waals surface area contributed by atoms with Crippen LogP contribution in [0.4, 0.5) is 5.82 Å². The predicted octanol–water partition coefficient (Wildman–Crippen LogP) is 3.32. The Hall–Kier alpha value is -4.20. The number of rotatable bonds is 9. The molecule has 0 radical (unpaired) electrons. The molecule has 0 aliphatic carbocycles. The summed E-state index contributed by atoms with van der Waals surface area (Å²) in [6.45, 7) is 1.77.